The van der Waals surface area contributed by atoms with Crippen LogP contribution in [0.2, 0.25) is 0 Å². The summed E-state index contributed by atoms with van der Waals surface area (Å²) >= 11 is 0. The minimum atomic E-state index is -1.46. The standard InChI is InChI=1S/C24H24FN7O6/c1-31(24(36)37-14-8-4-12(25)5-9-14)10-2-3-15-29-20(26)16-21(30-15)32(11-27-16)23-18(34)17(33)19(38-23)22(35)28-13-6-7-13/h4-5,8-9,11,13,17-19,23,33-34H,6-7,10H2,1H3,(H,28,35)(H2,26,29,30)/t17?,18?,19-,23+/m0/s1. The molecule has 1 saturated carbocycles. The van der Waals surface area contributed by atoms with E-state index >= 15 is 0 Å². The normalized spacial score (nSPS) is 22.5. The van der Waals surface area contributed by atoms with Gasteiger partial charge in [0.2, 0.25) is 5.82 Å². The summed E-state index contributed by atoms with van der Waals surface area (Å²) in [6, 6.07) is 5.05. The fourth-order valence-electron chi connectivity index (χ4n) is 3.78. The van der Waals surface area contributed by atoms with Gasteiger partial charge in [-0.3, -0.25) is 14.3 Å². The summed E-state index contributed by atoms with van der Waals surface area (Å²) in [6.07, 6.45) is -2.99. The lowest BCUT2D eigenvalue weighted by Crippen LogP contribution is -2.43. The molecule has 1 aromatic carbocycles. The van der Waals surface area contributed by atoms with Crippen molar-refractivity contribution in [3.63, 3.8) is 0 Å². The minimum Gasteiger partial charge on any atom is -0.410 e. The number of nitrogen functional groups attached to an aromatic ring is 1. The van der Waals surface area contributed by atoms with Crippen LogP contribution < -0.4 is 15.8 Å². The van der Waals surface area contributed by atoms with Crippen molar-refractivity contribution in [1.82, 2.24) is 29.7 Å². The number of anilines is 1. The number of ether oxygens (including phenoxy) is 2. The number of aromatic nitrogens is 4. The van der Waals surface area contributed by atoms with E-state index in [9.17, 15) is 24.2 Å². The van der Waals surface area contributed by atoms with E-state index < -0.39 is 42.4 Å². The van der Waals surface area contributed by atoms with Crippen molar-refractivity contribution >= 4 is 29.0 Å². The summed E-state index contributed by atoms with van der Waals surface area (Å²) in [4.78, 5) is 38.4. The van der Waals surface area contributed by atoms with Gasteiger partial charge in [-0.2, -0.15) is 0 Å². The summed E-state index contributed by atoms with van der Waals surface area (Å²) in [6.45, 7) is -0.0466. The number of aliphatic hydroxyl groups excluding tert-OH is 2. The maximum Gasteiger partial charge on any atom is 0.415 e. The highest BCUT2D eigenvalue weighted by Crippen LogP contribution is 2.33. The molecule has 5 N–H and O–H groups in total. The first-order chi connectivity index (χ1) is 18.2. The van der Waals surface area contributed by atoms with Gasteiger partial charge in [-0.1, -0.05) is 5.92 Å². The third-order valence-electron chi connectivity index (χ3n) is 5.99. The molecule has 0 spiro atoms. The summed E-state index contributed by atoms with van der Waals surface area (Å²) in [5.74, 6) is 4.69. The Morgan fingerprint density at radius 1 is 1.26 bits per heavy atom. The Bertz CT molecular complexity index is 1430. The molecule has 2 aliphatic rings. The predicted molar refractivity (Wildman–Crippen MR) is 129 cm³/mol. The van der Waals surface area contributed by atoms with E-state index in [0.29, 0.717) is 0 Å². The van der Waals surface area contributed by atoms with Gasteiger partial charge in [0.05, 0.1) is 12.9 Å². The first-order valence-corrected chi connectivity index (χ1v) is 11.7. The van der Waals surface area contributed by atoms with Crippen molar-refractivity contribution in [2.75, 3.05) is 19.3 Å². The van der Waals surface area contributed by atoms with E-state index in [2.05, 4.69) is 32.1 Å². The fraction of sp³-hybridized carbons (Fsp3) is 0.375. The van der Waals surface area contributed by atoms with Gasteiger partial charge in [0, 0.05) is 13.1 Å². The quantitative estimate of drug-likeness (QED) is 0.330. The monoisotopic (exact) mass is 525 g/mol. The Labute approximate surface area is 215 Å². The van der Waals surface area contributed by atoms with Gasteiger partial charge in [-0.05, 0) is 43.0 Å². The third kappa shape index (κ3) is 5.21. The Kier molecular flexibility index (Phi) is 6.81. The third-order valence-corrected chi connectivity index (χ3v) is 5.99. The Balaban J connectivity index is 1.30. The molecule has 1 aliphatic heterocycles. The van der Waals surface area contributed by atoms with Crippen molar-refractivity contribution in [1.29, 1.82) is 0 Å². The highest BCUT2D eigenvalue weighted by molar-refractivity contribution is 5.83. The number of nitrogens with two attached hydrogens (primary N) is 1. The summed E-state index contributed by atoms with van der Waals surface area (Å²) in [5.41, 5.74) is 6.41. The number of nitrogens with one attached hydrogen (secondary N) is 1. The maximum absolute atomic E-state index is 13.0. The number of aliphatic hydroxyl groups is 2. The summed E-state index contributed by atoms with van der Waals surface area (Å²) < 4.78 is 25.2. The average molecular weight is 525 g/mol. The molecule has 13 nitrogen and oxygen atoms in total. The van der Waals surface area contributed by atoms with Gasteiger partial charge < -0.3 is 30.7 Å². The van der Waals surface area contributed by atoms with Crippen molar-refractivity contribution in [3.05, 3.63) is 42.2 Å². The van der Waals surface area contributed by atoms with Crippen molar-refractivity contribution in [2.45, 2.75) is 43.4 Å². The average Bonchev–Trinajstić information content (AvgIpc) is 3.52. The second-order valence-corrected chi connectivity index (χ2v) is 8.95. The van der Waals surface area contributed by atoms with Crippen molar-refractivity contribution in [3.8, 4) is 17.6 Å². The highest BCUT2D eigenvalue weighted by Gasteiger charge is 2.48. The van der Waals surface area contributed by atoms with E-state index in [-0.39, 0.29) is 41.1 Å². The van der Waals surface area contributed by atoms with Crippen LogP contribution in [-0.2, 0) is 9.53 Å². The molecule has 2 fully saturated rings. The van der Waals surface area contributed by atoms with Gasteiger partial charge >= 0.3 is 6.09 Å². The molecule has 1 aliphatic carbocycles. The number of carbonyl (C=O) groups excluding carboxylic acids is 2. The Hall–Kier alpha value is -4.32. The zero-order valence-electron chi connectivity index (χ0n) is 20.1. The molecule has 1 saturated heterocycles. The fourth-order valence-corrected chi connectivity index (χ4v) is 3.78. The van der Waals surface area contributed by atoms with Crippen LogP contribution in [0.1, 0.15) is 24.9 Å². The van der Waals surface area contributed by atoms with Crippen molar-refractivity contribution in [2.24, 2.45) is 0 Å². The number of halogens is 1. The highest BCUT2D eigenvalue weighted by atomic mass is 19.1. The molecule has 2 amide bonds. The number of amides is 2. The summed E-state index contributed by atoms with van der Waals surface area (Å²) in [7, 11) is 1.47. The molecule has 198 valence electrons. The molecule has 4 atom stereocenters. The van der Waals surface area contributed by atoms with E-state index in [0.717, 1.165) is 12.8 Å². The van der Waals surface area contributed by atoms with Gasteiger partial charge in [0.25, 0.3) is 5.91 Å². The van der Waals surface area contributed by atoms with Crippen LogP contribution in [0.4, 0.5) is 15.0 Å². The first-order valence-electron chi connectivity index (χ1n) is 11.7. The molecule has 2 aromatic heterocycles. The largest absolute Gasteiger partial charge is 0.415 e. The number of imidazole rings is 1. The second kappa shape index (κ2) is 10.2. The Morgan fingerprint density at radius 3 is 2.71 bits per heavy atom. The molecule has 0 bridgehead atoms. The Morgan fingerprint density at radius 2 is 2.00 bits per heavy atom. The second-order valence-electron chi connectivity index (χ2n) is 8.95. The van der Waals surface area contributed by atoms with E-state index in [1.165, 1.54) is 47.1 Å². The van der Waals surface area contributed by atoms with Crippen LogP contribution in [0.15, 0.2) is 30.6 Å². The molecule has 14 heteroatoms. The number of hydrogen-bond acceptors (Lipinski definition) is 10. The molecule has 0 radical (unpaired) electrons. The molecule has 5 rings (SSSR count). The predicted octanol–water partition coefficient (Wildman–Crippen LogP) is -0.0723. The first kappa shape index (κ1) is 25.3. The van der Waals surface area contributed by atoms with Crippen LogP contribution in [0.25, 0.3) is 11.2 Å². The lowest BCUT2D eigenvalue weighted by molar-refractivity contribution is -0.137. The molecular weight excluding hydrogens is 501 g/mol. The van der Waals surface area contributed by atoms with Gasteiger partial charge in [0.1, 0.15) is 29.3 Å². The van der Waals surface area contributed by atoms with Gasteiger partial charge in [0.15, 0.2) is 23.8 Å². The number of benzene rings is 1. The van der Waals surface area contributed by atoms with E-state index in [1.807, 2.05) is 0 Å². The SMILES string of the molecule is CN(CC#Cc1nc(N)c2ncn([C@@H]3O[C@H](C(=O)NC4CC4)C(O)C3O)c2n1)C(=O)Oc1ccc(F)cc1. The van der Waals surface area contributed by atoms with Crippen molar-refractivity contribution < 1.29 is 33.7 Å². The minimum absolute atomic E-state index is 0.00751. The molecule has 2 unspecified atom stereocenters. The number of nitrogens with zero attached hydrogens (tertiary/aromatic N) is 5. The maximum atomic E-state index is 13.0. The number of carbonyl (C=O) groups is 2. The lowest BCUT2D eigenvalue weighted by atomic mass is 10.1. The van der Waals surface area contributed by atoms with Crippen LogP contribution in [0, 0.1) is 17.7 Å². The lowest BCUT2D eigenvalue weighted by Gasteiger charge is -2.16. The van der Waals surface area contributed by atoms with Crippen LogP contribution in [0.3, 0.4) is 0 Å². The zero-order chi connectivity index (χ0) is 27.0. The topological polar surface area (TPSA) is 178 Å². The van der Waals surface area contributed by atoms with Gasteiger partial charge in [-0.15, -0.1) is 0 Å². The number of rotatable bonds is 5. The van der Waals surface area contributed by atoms with E-state index in [4.69, 9.17) is 15.2 Å². The van der Waals surface area contributed by atoms with Crippen LogP contribution in [0.5, 0.6) is 5.75 Å². The van der Waals surface area contributed by atoms with Crippen LogP contribution in [-0.4, -0.2) is 84.6 Å². The number of hydrogen-bond donors (Lipinski definition) is 4. The smallest absolute Gasteiger partial charge is 0.410 e. The van der Waals surface area contributed by atoms with Crippen LogP contribution >= 0.6 is 0 Å². The van der Waals surface area contributed by atoms with E-state index in [1.54, 1.807) is 0 Å². The van der Waals surface area contributed by atoms with Gasteiger partial charge in [-0.25, -0.2) is 24.1 Å². The molecular formula is C24H24FN7O6. The molecule has 3 aromatic rings. The summed E-state index contributed by atoms with van der Waals surface area (Å²) in [5, 5.41) is 23.8. The molecule has 38 heavy (non-hydrogen) atoms. The molecule has 3 heterocycles. The number of fused-ring (bicyclic) bond motifs is 1. The zero-order valence-corrected chi connectivity index (χ0v) is 20.1.